The quantitative estimate of drug-likeness (QED) is 0.628. The van der Waals surface area contributed by atoms with E-state index >= 15 is 0 Å². The third-order valence-corrected chi connectivity index (χ3v) is 4.05. The maximum atomic E-state index is 12.8. The molecule has 25 heavy (non-hydrogen) atoms. The summed E-state index contributed by atoms with van der Waals surface area (Å²) in [6.07, 6.45) is 3.48. The first-order chi connectivity index (χ1) is 12.2. The summed E-state index contributed by atoms with van der Waals surface area (Å²) in [6, 6.07) is 9.25. The lowest BCUT2D eigenvalue weighted by Gasteiger charge is -2.21. The molecular weight excluding hydrogens is 322 g/mol. The molecule has 0 aliphatic heterocycles. The normalized spacial score (nSPS) is 11.0. The minimum absolute atomic E-state index is 0.00744. The largest absolute Gasteiger partial charge is 0.497 e. The van der Waals surface area contributed by atoms with E-state index in [-0.39, 0.29) is 12.3 Å². The van der Waals surface area contributed by atoms with E-state index in [0.29, 0.717) is 25.3 Å². The van der Waals surface area contributed by atoms with Crippen LogP contribution >= 0.6 is 0 Å². The van der Waals surface area contributed by atoms with E-state index in [4.69, 9.17) is 18.3 Å². The van der Waals surface area contributed by atoms with E-state index in [1.165, 1.54) is 0 Å². The van der Waals surface area contributed by atoms with Gasteiger partial charge in [0, 0.05) is 30.7 Å². The van der Waals surface area contributed by atoms with Crippen LogP contribution in [0.15, 0.2) is 51.7 Å². The van der Waals surface area contributed by atoms with Gasteiger partial charge in [-0.05, 0) is 24.3 Å². The summed E-state index contributed by atoms with van der Waals surface area (Å²) in [5.41, 5.74) is 1.56. The number of benzene rings is 1. The Kier molecular flexibility index (Phi) is 5.40. The van der Waals surface area contributed by atoms with Gasteiger partial charge in [0.1, 0.15) is 17.1 Å². The number of rotatable bonds is 8. The third-order valence-electron chi connectivity index (χ3n) is 4.05. The first kappa shape index (κ1) is 17.1. The van der Waals surface area contributed by atoms with Crippen LogP contribution in [0.4, 0.5) is 0 Å². The fourth-order valence-corrected chi connectivity index (χ4v) is 2.69. The van der Waals surface area contributed by atoms with Crippen LogP contribution in [0.3, 0.4) is 0 Å². The molecule has 2 aromatic heterocycles. The number of fused-ring (bicyclic) bond motifs is 1. The lowest BCUT2D eigenvalue weighted by molar-refractivity contribution is -0.132. The van der Waals surface area contributed by atoms with E-state index in [1.807, 2.05) is 30.3 Å². The minimum atomic E-state index is -0.00744. The molecule has 0 aliphatic rings. The molecule has 3 rings (SSSR count). The number of hydrogen-bond acceptors (Lipinski definition) is 5. The van der Waals surface area contributed by atoms with Crippen molar-refractivity contribution >= 4 is 16.9 Å². The third kappa shape index (κ3) is 4.03. The molecule has 0 saturated carbocycles. The topological polar surface area (TPSA) is 65.0 Å². The number of furan rings is 2. The van der Waals surface area contributed by atoms with Gasteiger partial charge in [-0.25, -0.2) is 0 Å². The number of carbonyl (C=O) groups excluding carboxylic acids is 1. The van der Waals surface area contributed by atoms with Gasteiger partial charge in [0.2, 0.25) is 5.91 Å². The molecule has 3 aromatic rings. The predicted molar refractivity (Wildman–Crippen MR) is 92.5 cm³/mol. The Hall–Kier alpha value is -2.73. The molecule has 132 valence electrons. The molecule has 0 spiro atoms. The van der Waals surface area contributed by atoms with Gasteiger partial charge in [0.05, 0.1) is 39.2 Å². The summed E-state index contributed by atoms with van der Waals surface area (Å²) in [7, 11) is 3.23. The predicted octanol–water partition coefficient (Wildman–Crippen LogP) is 3.25. The van der Waals surface area contributed by atoms with Crippen LogP contribution in [-0.2, 0) is 22.5 Å². The van der Waals surface area contributed by atoms with E-state index in [0.717, 1.165) is 22.5 Å². The second-order valence-electron chi connectivity index (χ2n) is 5.69. The zero-order valence-electron chi connectivity index (χ0n) is 14.4. The molecule has 1 aromatic carbocycles. The van der Waals surface area contributed by atoms with Crippen LogP contribution in [0.2, 0.25) is 0 Å². The van der Waals surface area contributed by atoms with Crippen molar-refractivity contribution in [3.8, 4) is 5.75 Å². The van der Waals surface area contributed by atoms with Gasteiger partial charge in [-0.2, -0.15) is 0 Å². The second kappa shape index (κ2) is 7.90. The van der Waals surface area contributed by atoms with E-state index in [1.54, 1.807) is 31.6 Å². The van der Waals surface area contributed by atoms with Crippen LogP contribution in [0.25, 0.3) is 11.0 Å². The number of amides is 1. The summed E-state index contributed by atoms with van der Waals surface area (Å²) in [5, 5.41) is 0.916. The number of nitrogens with zero attached hydrogens (tertiary/aromatic N) is 1. The standard InChI is InChI=1S/C19H21NO5/c1-22-9-7-20(12-16-4-3-8-24-16)19(21)10-14-13-25-18-11-15(23-2)5-6-17(14)18/h3-6,8,11,13H,7,9-10,12H2,1-2H3. The monoisotopic (exact) mass is 343 g/mol. The molecule has 0 atom stereocenters. The van der Waals surface area contributed by atoms with Gasteiger partial charge in [-0.3, -0.25) is 4.79 Å². The summed E-state index contributed by atoms with van der Waals surface area (Å²) in [6.45, 7) is 1.38. The van der Waals surface area contributed by atoms with Crippen LogP contribution in [0.5, 0.6) is 5.75 Å². The smallest absolute Gasteiger partial charge is 0.227 e. The summed E-state index contributed by atoms with van der Waals surface area (Å²) < 4.78 is 21.2. The fraction of sp³-hybridized carbons (Fsp3) is 0.316. The molecule has 6 nitrogen and oxygen atoms in total. The van der Waals surface area contributed by atoms with Gasteiger partial charge in [0.15, 0.2) is 0 Å². The lowest BCUT2D eigenvalue weighted by Crippen LogP contribution is -2.34. The summed E-state index contributed by atoms with van der Waals surface area (Å²) in [4.78, 5) is 14.5. The van der Waals surface area contributed by atoms with E-state index in [9.17, 15) is 4.79 Å². The van der Waals surface area contributed by atoms with Crippen molar-refractivity contribution in [2.24, 2.45) is 0 Å². The van der Waals surface area contributed by atoms with Crippen molar-refractivity contribution in [3.05, 3.63) is 54.2 Å². The molecule has 0 fully saturated rings. The number of methoxy groups -OCH3 is 2. The molecule has 0 unspecified atom stereocenters. The minimum Gasteiger partial charge on any atom is -0.497 e. The number of ether oxygens (including phenoxy) is 2. The Morgan fingerprint density at radius 3 is 2.80 bits per heavy atom. The SMILES string of the molecule is COCCN(Cc1ccco1)C(=O)Cc1coc2cc(OC)ccc12. The van der Waals surface area contributed by atoms with Crippen molar-refractivity contribution in [2.45, 2.75) is 13.0 Å². The Morgan fingerprint density at radius 2 is 2.08 bits per heavy atom. The molecule has 0 saturated heterocycles. The average molecular weight is 343 g/mol. The van der Waals surface area contributed by atoms with E-state index < -0.39 is 0 Å². The van der Waals surface area contributed by atoms with Gasteiger partial charge in [0.25, 0.3) is 0 Å². The summed E-state index contributed by atoms with van der Waals surface area (Å²) >= 11 is 0. The first-order valence-corrected chi connectivity index (χ1v) is 8.04. The highest BCUT2D eigenvalue weighted by atomic mass is 16.5. The molecule has 0 bridgehead atoms. The van der Waals surface area contributed by atoms with Gasteiger partial charge < -0.3 is 23.2 Å². The maximum Gasteiger partial charge on any atom is 0.227 e. The molecule has 0 aliphatic carbocycles. The lowest BCUT2D eigenvalue weighted by atomic mass is 10.1. The Balaban J connectivity index is 1.75. The van der Waals surface area contributed by atoms with Crippen molar-refractivity contribution in [2.75, 3.05) is 27.4 Å². The Labute approximate surface area is 145 Å². The number of carbonyl (C=O) groups is 1. The molecule has 0 N–H and O–H groups in total. The van der Waals surface area contributed by atoms with E-state index in [2.05, 4.69) is 0 Å². The van der Waals surface area contributed by atoms with Gasteiger partial charge >= 0.3 is 0 Å². The second-order valence-corrected chi connectivity index (χ2v) is 5.69. The van der Waals surface area contributed by atoms with Crippen LogP contribution < -0.4 is 4.74 Å². The van der Waals surface area contributed by atoms with Gasteiger partial charge in [-0.1, -0.05) is 0 Å². The molecule has 6 heteroatoms. The van der Waals surface area contributed by atoms with Crippen molar-refractivity contribution in [1.29, 1.82) is 0 Å². The zero-order chi connectivity index (χ0) is 17.6. The maximum absolute atomic E-state index is 12.8. The fourth-order valence-electron chi connectivity index (χ4n) is 2.69. The highest BCUT2D eigenvalue weighted by Gasteiger charge is 2.18. The van der Waals surface area contributed by atoms with Crippen LogP contribution in [0.1, 0.15) is 11.3 Å². The Bertz CT molecular complexity index is 822. The van der Waals surface area contributed by atoms with Crippen LogP contribution in [-0.4, -0.2) is 38.2 Å². The highest BCUT2D eigenvalue weighted by molar-refractivity contribution is 5.88. The van der Waals surface area contributed by atoms with Crippen molar-refractivity contribution in [3.63, 3.8) is 0 Å². The summed E-state index contributed by atoms with van der Waals surface area (Å²) in [5.74, 6) is 1.46. The molecule has 0 radical (unpaired) electrons. The highest BCUT2D eigenvalue weighted by Crippen LogP contribution is 2.26. The van der Waals surface area contributed by atoms with Crippen LogP contribution in [0, 0.1) is 0 Å². The zero-order valence-corrected chi connectivity index (χ0v) is 14.4. The number of hydrogen-bond donors (Lipinski definition) is 0. The average Bonchev–Trinajstić information content (AvgIpc) is 3.28. The van der Waals surface area contributed by atoms with Crippen molar-refractivity contribution in [1.82, 2.24) is 4.90 Å². The van der Waals surface area contributed by atoms with Crippen molar-refractivity contribution < 1.29 is 23.1 Å². The Morgan fingerprint density at radius 1 is 1.20 bits per heavy atom. The first-order valence-electron chi connectivity index (χ1n) is 8.04. The molecule has 1 amide bonds. The molecular formula is C19H21NO5. The van der Waals surface area contributed by atoms with Gasteiger partial charge in [-0.15, -0.1) is 0 Å². The molecule has 2 heterocycles.